The molecule has 5 heteroatoms. The number of benzene rings is 2. The predicted octanol–water partition coefficient (Wildman–Crippen LogP) is 2.30. The Morgan fingerprint density at radius 3 is 2.56 bits per heavy atom. The van der Waals surface area contributed by atoms with Crippen LogP contribution in [0.2, 0.25) is 0 Å². The number of hydrogen-bond donors (Lipinski definition) is 2. The average Bonchev–Trinajstić information content (AvgIpc) is 3.06. The third-order valence-corrected chi connectivity index (χ3v) is 3.04. The van der Waals surface area contributed by atoms with Gasteiger partial charge in [0.1, 0.15) is 5.52 Å². The quantitative estimate of drug-likeness (QED) is 0.531. The second kappa shape index (κ2) is 3.40. The van der Waals surface area contributed by atoms with Crippen LogP contribution in [0.25, 0.3) is 33.2 Å². The highest BCUT2D eigenvalue weighted by Crippen LogP contribution is 2.30. The van der Waals surface area contributed by atoms with Crippen molar-refractivity contribution in [3.63, 3.8) is 0 Å². The molecule has 0 atom stereocenters. The standard InChI is InChI=1S/C13H8N5/c1-3-8(12-10(5-1)14-7-15-12)9-4-2-6-11-13(9)17-18-16-11/h1-6H,(H,14,15)(H,16,17,18). The molecule has 18 heavy (non-hydrogen) atoms. The van der Waals surface area contributed by atoms with Crippen LogP contribution in [0.1, 0.15) is 0 Å². The van der Waals surface area contributed by atoms with E-state index in [-0.39, 0.29) is 0 Å². The maximum absolute atomic E-state index is 4.25. The number of nitrogens with zero attached hydrogens (tertiary/aromatic N) is 3. The van der Waals surface area contributed by atoms with Gasteiger partial charge in [0, 0.05) is 11.1 Å². The monoisotopic (exact) mass is 234 g/mol. The van der Waals surface area contributed by atoms with Crippen LogP contribution in [0.3, 0.4) is 0 Å². The van der Waals surface area contributed by atoms with Crippen molar-refractivity contribution in [2.24, 2.45) is 0 Å². The summed E-state index contributed by atoms with van der Waals surface area (Å²) in [5, 5.41) is 10.9. The number of H-pyrrole nitrogens is 2. The fourth-order valence-electron chi connectivity index (χ4n) is 2.21. The first-order valence-electron chi connectivity index (χ1n) is 5.58. The Balaban J connectivity index is 2.13. The fraction of sp³-hybridized carbons (Fsp3) is 0. The summed E-state index contributed by atoms with van der Waals surface area (Å²) >= 11 is 0. The number of hydrogen-bond acceptors (Lipinski definition) is 3. The van der Waals surface area contributed by atoms with Gasteiger partial charge in [0.05, 0.1) is 16.6 Å². The highest BCUT2D eigenvalue weighted by Gasteiger charge is 2.10. The molecule has 2 heterocycles. The number of aromatic amines is 2. The molecule has 0 aliphatic rings. The number of fused-ring (bicyclic) bond motifs is 2. The van der Waals surface area contributed by atoms with Crippen LogP contribution in [0.15, 0.2) is 36.4 Å². The minimum atomic E-state index is 0.855. The molecular weight excluding hydrogens is 226 g/mol. The highest BCUT2D eigenvalue weighted by atomic mass is 15.3. The Hall–Kier alpha value is -2.69. The molecule has 0 saturated carbocycles. The molecule has 5 nitrogen and oxygen atoms in total. The smallest absolute Gasteiger partial charge is 0.174 e. The summed E-state index contributed by atoms with van der Waals surface area (Å²) in [4.78, 5) is 7.24. The number of aromatic nitrogens is 5. The van der Waals surface area contributed by atoms with E-state index in [9.17, 15) is 0 Å². The molecule has 0 saturated heterocycles. The predicted molar refractivity (Wildman–Crippen MR) is 67.8 cm³/mol. The first kappa shape index (κ1) is 9.35. The van der Waals surface area contributed by atoms with E-state index in [1.807, 2.05) is 36.4 Å². The van der Waals surface area contributed by atoms with Crippen LogP contribution in [0, 0.1) is 6.33 Å². The van der Waals surface area contributed by atoms with Crippen molar-refractivity contribution in [3.8, 4) is 11.1 Å². The Labute approximate surface area is 102 Å². The van der Waals surface area contributed by atoms with E-state index in [4.69, 9.17) is 0 Å². The molecular formula is C13H8N5. The number of para-hydroxylation sites is 1. The van der Waals surface area contributed by atoms with Crippen molar-refractivity contribution >= 4 is 22.1 Å². The van der Waals surface area contributed by atoms with Crippen molar-refractivity contribution in [1.29, 1.82) is 0 Å². The van der Waals surface area contributed by atoms with E-state index in [0.29, 0.717) is 0 Å². The maximum atomic E-state index is 4.25. The molecule has 2 aromatic carbocycles. The van der Waals surface area contributed by atoms with Gasteiger partial charge in [-0.05, 0) is 12.1 Å². The van der Waals surface area contributed by atoms with Crippen LogP contribution in [-0.4, -0.2) is 25.4 Å². The first-order chi connectivity index (χ1) is 8.93. The van der Waals surface area contributed by atoms with Gasteiger partial charge in [-0.1, -0.05) is 29.5 Å². The van der Waals surface area contributed by atoms with Gasteiger partial charge in [-0.15, -0.1) is 5.10 Å². The van der Waals surface area contributed by atoms with Crippen LogP contribution in [0.4, 0.5) is 0 Å². The maximum Gasteiger partial charge on any atom is 0.174 e. The first-order valence-corrected chi connectivity index (χ1v) is 5.58. The molecule has 0 unspecified atom stereocenters. The lowest BCUT2D eigenvalue weighted by atomic mass is 10.0. The van der Waals surface area contributed by atoms with E-state index >= 15 is 0 Å². The molecule has 0 aliphatic heterocycles. The molecule has 0 aliphatic carbocycles. The molecule has 0 amide bonds. The summed E-state index contributed by atoms with van der Waals surface area (Å²) in [6.45, 7) is 0. The normalized spacial score (nSPS) is 11.3. The molecule has 4 rings (SSSR count). The Kier molecular flexibility index (Phi) is 1.77. The number of imidazole rings is 1. The van der Waals surface area contributed by atoms with Crippen molar-refractivity contribution in [2.75, 3.05) is 0 Å². The minimum Gasteiger partial charge on any atom is -0.335 e. The van der Waals surface area contributed by atoms with Gasteiger partial charge in [-0.25, -0.2) is 4.98 Å². The van der Waals surface area contributed by atoms with E-state index in [1.54, 1.807) is 0 Å². The van der Waals surface area contributed by atoms with Gasteiger partial charge in [0.2, 0.25) is 0 Å². The number of rotatable bonds is 1. The Bertz CT molecular complexity index is 770. The molecule has 0 bridgehead atoms. The van der Waals surface area contributed by atoms with Crippen molar-refractivity contribution in [3.05, 3.63) is 42.7 Å². The number of nitrogens with one attached hydrogen (secondary N) is 2. The van der Waals surface area contributed by atoms with E-state index in [1.165, 1.54) is 0 Å². The highest BCUT2D eigenvalue weighted by molar-refractivity contribution is 6.00. The lowest BCUT2D eigenvalue weighted by Crippen LogP contribution is -1.83. The van der Waals surface area contributed by atoms with Gasteiger partial charge in [0.15, 0.2) is 6.33 Å². The zero-order valence-corrected chi connectivity index (χ0v) is 9.31. The summed E-state index contributed by atoms with van der Waals surface area (Å²) in [5.74, 6) is 0. The third-order valence-electron chi connectivity index (χ3n) is 3.04. The SMILES string of the molecule is [c]1nc2c(-c3cccc4[nH]nnc34)cccc2[nH]1. The molecule has 85 valence electrons. The van der Waals surface area contributed by atoms with Crippen LogP contribution in [0.5, 0.6) is 0 Å². The Morgan fingerprint density at radius 2 is 1.67 bits per heavy atom. The zero-order valence-electron chi connectivity index (χ0n) is 9.31. The third kappa shape index (κ3) is 1.18. The van der Waals surface area contributed by atoms with E-state index in [2.05, 4.69) is 31.7 Å². The van der Waals surface area contributed by atoms with Crippen molar-refractivity contribution < 1.29 is 0 Å². The molecule has 2 aromatic heterocycles. The van der Waals surface area contributed by atoms with Gasteiger partial charge in [-0.3, -0.25) is 5.10 Å². The second-order valence-corrected chi connectivity index (χ2v) is 4.06. The van der Waals surface area contributed by atoms with Gasteiger partial charge in [0.25, 0.3) is 0 Å². The lowest BCUT2D eigenvalue weighted by Gasteiger charge is -2.02. The van der Waals surface area contributed by atoms with Crippen LogP contribution >= 0.6 is 0 Å². The van der Waals surface area contributed by atoms with E-state index in [0.717, 1.165) is 33.2 Å². The fourth-order valence-corrected chi connectivity index (χ4v) is 2.21. The summed E-state index contributed by atoms with van der Waals surface area (Å²) in [7, 11) is 0. The van der Waals surface area contributed by atoms with Gasteiger partial charge in [-0.2, -0.15) is 0 Å². The minimum absolute atomic E-state index is 0.855. The molecule has 4 aromatic rings. The molecule has 0 fully saturated rings. The van der Waals surface area contributed by atoms with Crippen molar-refractivity contribution in [1.82, 2.24) is 25.4 Å². The average molecular weight is 234 g/mol. The topological polar surface area (TPSA) is 70.2 Å². The summed E-state index contributed by atoms with van der Waals surface area (Å²) in [6.07, 6.45) is 2.77. The largest absolute Gasteiger partial charge is 0.335 e. The van der Waals surface area contributed by atoms with Crippen LogP contribution in [-0.2, 0) is 0 Å². The van der Waals surface area contributed by atoms with Gasteiger partial charge < -0.3 is 4.98 Å². The van der Waals surface area contributed by atoms with Crippen molar-refractivity contribution in [2.45, 2.75) is 0 Å². The van der Waals surface area contributed by atoms with E-state index < -0.39 is 0 Å². The lowest BCUT2D eigenvalue weighted by molar-refractivity contribution is 0.959. The molecule has 0 spiro atoms. The van der Waals surface area contributed by atoms with Crippen LogP contribution < -0.4 is 0 Å². The molecule has 1 radical (unpaired) electrons. The Morgan fingerprint density at radius 1 is 0.889 bits per heavy atom. The van der Waals surface area contributed by atoms with Gasteiger partial charge >= 0.3 is 0 Å². The second-order valence-electron chi connectivity index (χ2n) is 4.06. The molecule has 2 N–H and O–H groups in total. The zero-order chi connectivity index (χ0) is 11.9. The summed E-state index contributed by atoms with van der Waals surface area (Å²) in [6, 6.07) is 11.9. The summed E-state index contributed by atoms with van der Waals surface area (Å²) in [5.41, 5.74) is 5.69. The summed E-state index contributed by atoms with van der Waals surface area (Å²) < 4.78 is 0.